The molecule has 12 heavy (non-hydrogen) atoms. The van der Waals surface area contributed by atoms with Gasteiger partial charge in [0.25, 0.3) is 11.8 Å². The SMILES string of the molecule is Cc1cnc2c(n1)C(=O)NC2=O. The molecule has 1 aromatic heterocycles. The Bertz CT molecular complexity index is 386. The van der Waals surface area contributed by atoms with Gasteiger partial charge >= 0.3 is 0 Å². The maximum Gasteiger partial charge on any atom is 0.279 e. The summed E-state index contributed by atoms with van der Waals surface area (Å²) in [5.74, 6) is -0.936. The van der Waals surface area contributed by atoms with Gasteiger partial charge in [-0.05, 0) is 6.92 Å². The number of carbonyl (C=O) groups is 2. The summed E-state index contributed by atoms with van der Waals surface area (Å²) in [5, 5.41) is 2.11. The molecule has 0 aliphatic carbocycles. The van der Waals surface area contributed by atoms with Gasteiger partial charge in [-0.25, -0.2) is 9.97 Å². The van der Waals surface area contributed by atoms with Gasteiger partial charge in [0.05, 0.1) is 5.69 Å². The molecule has 1 aliphatic heterocycles. The average molecular weight is 163 g/mol. The zero-order valence-electron chi connectivity index (χ0n) is 6.29. The van der Waals surface area contributed by atoms with Gasteiger partial charge < -0.3 is 0 Å². The Morgan fingerprint density at radius 1 is 1.25 bits per heavy atom. The third-order valence-corrected chi connectivity index (χ3v) is 1.55. The van der Waals surface area contributed by atoms with Crippen molar-refractivity contribution >= 4 is 11.8 Å². The lowest BCUT2D eigenvalue weighted by atomic mass is 10.3. The largest absolute Gasteiger partial charge is 0.285 e. The minimum absolute atomic E-state index is 0.116. The molecular formula is C7H5N3O2. The monoisotopic (exact) mass is 163 g/mol. The number of nitrogens with one attached hydrogen (secondary N) is 1. The molecule has 1 aromatic rings. The van der Waals surface area contributed by atoms with E-state index in [-0.39, 0.29) is 11.4 Å². The number of carbonyl (C=O) groups excluding carboxylic acids is 2. The highest BCUT2D eigenvalue weighted by Gasteiger charge is 2.29. The van der Waals surface area contributed by atoms with Crippen LogP contribution in [0.3, 0.4) is 0 Å². The van der Waals surface area contributed by atoms with E-state index in [0.717, 1.165) is 0 Å². The number of amides is 2. The fourth-order valence-electron chi connectivity index (χ4n) is 1.02. The van der Waals surface area contributed by atoms with Crippen LogP contribution in [-0.4, -0.2) is 21.8 Å². The van der Waals surface area contributed by atoms with Gasteiger partial charge in [-0.1, -0.05) is 0 Å². The van der Waals surface area contributed by atoms with Crippen LogP contribution in [0.15, 0.2) is 6.20 Å². The van der Waals surface area contributed by atoms with Crippen molar-refractivity contribution in [3.05, 3.63) is 23.3 Å². The summed E-state index contributed by atoms with van der Waals surface area (Å²) in [5.41, 5.74) is 0.865. The molecule has 5 heteroatoms. The van der Waals surface area contributed by atoms with Crippen molar-refractivity contribution in [1.82, 2.24) is 15.3 Å². The lowest BCUT2D eigenvalue weighted by Gasteiger charge is -1.92. The Morgan fingerprint density at radius 2 is 1.92 bits per heavy atom. The normalized spacial score (nSPS) is 14.4. The van der Waals surface area contributed by atoms with Crippen LogP contribution in [0.25, 0.3) is 0 Å². The summed E-state index contributed by atoms with van der Waals surface area (Å²) in [6.45, 7) is 1.71. The van der Waals surface area contributed by atoms with E-state index in [1.54, 1.807) is 6.92 Å². The molecule has 0 bridgehead atoms. The Balaban J connectivity index is 2.68. The first-order valence-electron chi connectivity index (χ1n) is 3.38. The number of fused-ring (bicyclic) bond motifs is 1. The standard InChI is InChI=1S/C7H5N3O2/c1-3-2-8-4-5(9-3)7(12)10-6(4)11/h2H,1H3,(H,10,11,12). The molecule has 2 amide bonds. The van der Waals surface area contributed by atoms with Crippen LogP contribution in [0.5, 0.6) is 0 Å². The molecule has 2 rings (SSSR count). The Morgan fingerprint density at radius 3 is 2.67 bits per heavy atom. The maximum atomic E-state index is 11.0. The van der Waals surface area contributed by atoms with Crippen LogP contribution in [0.1, 0.15) is 26.7 Å². The van der Waals surface area contributed by atoms with Gasteiger partial charge in [0.2, 0.25) is 0 Å². The molecule has 0 unspecified atom stereocenters. The van der Waals surface area contributed by atoms with Crippen molar-refractivity contribution in [2.24, 2.45) is 0 Å². The molecule has 0 spiro atoms. The molecule has 0 atom stereocenters. The Labute approximate surface area is 67.8 Å². The third-order valence-electron chi connectivity index (χ3n) is 1.55. The highest BCUT2D eigenvalue weighted by molar-refractivity contribution is 6.19. The second-order valence-electron chi connectivity index (χ2n) is 2.49. The summed E-state index contributed by atoms with van der Waals surface area (Å²) in [7, 11) is 0. The van der Waals surface area contributed by atoms with Crippen molar-refractivity contribution in [1.29, 1.82) is 0 Å². The van der Waals surface area contributed by atoms with E-state index in [9.17, 15) is 9.59 Å². The first-order chi connectivity index (χ1) is 5.68. The van der Waals surface area contributed by atoms with Crippen LogP contribution in [0.4, 0.5) is 0 Å². The Hall–Kier alpha value is -1.78. The number of hydrogen-bond donors (Lipinski definition) is 1. The van der Waals surface area contributed by atoms with Crippen LogP contribution in [0, 0.1) is 6.92 Å². The number of rotatable bonds is 0. The molecule has 0 fully saturated rings. The topological polar surface area (TPSA) is 72.0 Å². The number of imide groups is 1. The fraction of sp³-hybridized carbons (Fsp3) is 0.143. The minimum Gasteiger partial charge on any atom is -0.285 e. The molecule has 0 saturated carbocycles. The van der Waals surface area contributed by atoms with E-state index in [0.29, 0.717) is 5.69 Å². The van der Waals surface area contributed by atoms with Gasteiger partial charge in [0.15, 0.2) is 11.4 Å². The minimum atomic E-state index is -0.470. The van der Waals surface area contributed by atoms with Gasteiger partial charge in [-0.15, -0.1) is 0 Å². The van der Waals surface area contributed by atoms with Gasteiger partial charge in [-0.3, -0.25) is 14.9 Å². The van der Waals surface area contributed by atoms with Crippen LogP contribution < -0.4 is 5.32 Å². The summed E-state index contributed by atoms with van der Waals surface area (Å²) in [4.78, 5) is 29.6. The molecule has 2 heterocycles. The molecule has 1 aliphatic rings. The van der Waals surface area contributed by atoms with Gasteiger partial charge in [-0.2, -0.15) is 0 Å². The summed E-state index contributed by atoms with van der Waals surface area (Å²) in [6.07, 6.45) is 1.46. The van der Waals surface area contributed by atoms with Crippen molar-refractivity contribution in [3.8, 4) is 0 Å². The summed E-state index contributed by atoms with van der Waals surface area (Å²) in [6, 6.07) is 0. The van der Waals surface area contributed by atoms with Crippen molar-refractivity contribution in [3.63, 3.8) is 0 Å². The highest BCUT2D eigenvalue weighted by Crippen LogP contribution is 2.09. The fourth-order valence-corrected chi connectivity index (χ4v) is 1.02. The predicted molar refractivity (Wildman–Crippen MR) is 38.6 cm³/mol. The van der Waals surface area contributed by atoms with E-state index >= 15 is 0 Å². The second kappa shape index (κ2) is 2.10. The van der Waals surface area contributed by atoms with E-state index in [1.165, 1.54) is 6.20 Å². The lowest BCUT2D eigenvalue weighted by molar-refractivity contribution is 0.0876. The number of aryl methyl sites for hydroxylation is 1. The highest BCUT2D eigenvalue weighted by atomic mass is 16.2. The molecule has 5 nitrogen and oxygen atoms in total. The van der Waals surface area contributed by atoms with Crippen molar-refractivity contribution in [2.75, 3.05) is 0 Å². The van der Waals surface area contributed by atoms with Crippen LogP contribution in [-0.2, 0) is 0 Å². The average Bonchev–Trinajstić information content (AvgIpc) is 2.28. The Kier molecular flexibility index (Phi) is 1.21. The molecule has 0 radical (unpaired) electrons. The smallest absolute Gasteiger partial charge is 0.279 e. The quantitative estimate of drug-likeness (QED) is 0.531. The number of aromatic nitrogens is 2. The zero-order chi connectivity index (χ0) is 8.72. The maximum absolute atomic E-state index is 11.0. The van der Waals surface area contributed by atoms with E-state index in [2.05, 4.69) is 15.3 Å². The van der Waals surface area contributed by atoms with Gasteiger partial charge in [0.1, 0.15) is 0 Å². The molecule has 1 N–H and O–H groups in total. The number of hydrogen-bond acceptors (Lipinski definition) is 4. The summed E-state index contributed by atoms with van der Waals surface area (Å²) >= 11 is 0. The van der Waals surface area contributed by atoms with Crippen LogP contribution >= 0.6 is 0 Å². The molecular weight excluding hydrogens is 158 g/mol. The van der Waals surface area contributed by atoms with Crippen molar-refractivity contribution < 1.29 is 9.59 Å². The van der Waals surface area contributed by atoms with Gasteiger partial charge in [0, 0.05) is 6.20 Å². The van der Waals surface area contributed by atoms with E-state index in [1.807, 2.05) is 0 Å². The predicted octanol–water partition coefficient (Wildman–Crippen LogP) is -0.331. The van der Waals surface area contributed by atoms with E-state index in [4.69, 9.17) is 0 Å². The second-order valence-corrected chi connectivity index (χ2v) is 2.49. The zero-order valence-corrected chi connectivity index (χ0v) is 6.29. The first kappa shape index (κ1) is 6.90. The van der Waals surface area contributed by atoms with Crippen LogP contribution in [0.2, 0.25) is 0 Å². The first-order valence-corrected chi connectivity index (χ1v) is 3.38. The lowest BCUT2D eigenvalue weighted by Crippen LogP contribution is -2.20. The molecule has 0 aromatic carbocycles. The molecule has 0 saturated heterocycles. The van der Waals surface area contributed by atoms with E-state index < -0.39 is 11.8 Å². The third kappa shape index (κ3) is 0.795. The molecule has 60 valence electrons. The summed E-state index contributed by atoms with van der Waals surface area (Å²) < 4.78 is 0. The number of nitrogens with zero attached hydrogens (tertiary/aromatic N) is 2. The van der Waals surface area contributed by atoms with Crippen molar-refractivity contribution in [2.45, 2.75) is 6.92 Å².